The van der Waals surface area contributed by atoms with Crippen LogP contribution in [0, 0.1) is 5.82 Å². The van der Waals surface area contributed by atoms with Crippen LogP contribution < -0.4 is 0 Å². The normalized spacial score (nSPS) is 11.6. The Bertz CT molecular complexity index is 565. The largest absolute Gasteiger partial charge is 0.508 e. The highest BCUT2D eigenvalue weighted by Gasteiger charge is 2.30. The van der Waals surface area contributed by atoms with Crippen molar-refractivity contribution in [2.75, 3.05) is 10.7 Å². The maximum atomic E-state index is 13.1. The molecule has 0 aliphatic rings. The lowest BCUT2D eigenvalue weighted by Gasteiger charge is -2.31. The van der Waals surface area contributed by atoms with Gasteiger partial charge in [-0.1, -0.05) is 56.1 Å². The fourth-order valence-corrected chi connectivity index (χ4v) is 4.22. The summed E-state index contributed by atoms with van der Waals surface area (Å²) in [5.74, 6) is 0.0313. The van der Waals surface area contributed by atoms with Crippen molar-refractivity contribution in [3.05, 3.63) is 65.5 Å². The van der Waals surface area contributed by atoms with E-state index in [4.69, 9.17) is 0 Å². The summed E-state index contributed by atoms with van der Waals surface area (Å²) in [6, 6.07) is 13.9. The SMILES string of the molecule is Oc1cccc(CC(CBr)(CBr)c2ccc(F)cc2)c1. The van der Waals surface area contributed by atoms with E-state index in [0.29, 0.717) is 0 Å². The number of phenols is 1. The summed E-state index contributed by atoms with van der Waals surface area (Å²) in [6.07, 6.45) is 0.754. The minimum absolute atomic E-state index is 0.179. The molecule has 0 amide bonds. The predicted molar refractivity (Wildman–Crippen MR) is 87.5 cm³/mol. The van der Waals surface area contributed by atoms with E-state index in [1.165, 1.54) is 12.1 Å². The summed E-state index contributed by atoms with van der Waals surface area (Å²) in [7, 11) is 0. The van der Waals surface area contributed by atoms with Gasteiger partial charge >= 0.3 is 0 Å². The lowest BCUT2D eigenvalue weighted by Crippen LogP contribution is -2.33. The van der Waals surface area contributed by atoms with E-state index in [1.807, 2.05) is 24.3 Å². The second-order valence-corrected chi connectivity index (χ2v) is 6.02. The number of halogens is 3. The molecule has 0 spiro atoms. The van der Waals surface area contributed by atoms with Crippen molar-refractivity contribution in [1.82, 2.24) is 0 Å². The highest BCUT2D eigenvalue weighted by atomic mass is 79.9. The first kappa shape index (κ1) is 15.5. The van der Waals surface area contributed by atoms with Crippen LogP contribution in [0.3, 0.4) is 0 Å². The van der Waals surface area contributed by atoms with Gasteiger partial charge in [-0.05, 0) is 41.8 Å². The van der Waals surface area contributed by atoms with Gasteiger partial charge in [0.05, 0.1) is 0 Å². The zero-order valence-corrected chi connectivity index (χ0v) is 14.0. The fourth-order valence-electron chi connectivity index (χ4n) is 2.25. The van der Waals surface area contributed by atoms with Crippen LogP contribution in [0.2, 0.25) is 0 Å². The van der Waals surface area contributed by atoms with Crippen LogP contribution >= 0.6 is 31.9 Å². The molecule has 0 radical (unpaired) electrons. The topological polar surface area (TPSA) is 20.2 Å². The molecule has 4 heteroatoms. The van der Waals surface area contributed by atoms with E-state index in [0.717, 1.165) is 28.2 Å². The zero-order chi connectivity index (χ0) is 14.6. The summed E-state index contributed by atoms with van der Waals surface area (Å²) < 4.78 is 13.1. The van der Waals surface area contributed by atoms with Gasteiger partial charge in [-0.15, -0.1) is 0 Å². The molecule has 106 valence electrons. The highest BCUT2D eigenvalue weighted by Crippen LogP contribution is 2.33. The van der Waals surface area contributed by atoms with Gasteiger partial charge in [0.2, 0.25) is 0 Å². The molecule has 0 bridgehead atoms. The second kappa shape index (κ2) is 6.72. The molecule has 2 rings (SSSR count). The van der Waals surface area contributed by atoms with Gasteiger partial charge in [-0.2, -0.15) is 0 Å². The number of aromatic hydroxyl groups is 1. The molecule has 0 aliphatic carbocycles. The standard InChI is InChI=1S/C16H15Br2FO/c17-10-16(11-18,13-4-6-14(19)7-5-13)9-12-2-1-3-15(20)8-12/h1-8,20H,9-11H2. The second-order valence-electron chi connectivity index (χ2n) is 4.90. The molecule has 0 aliphatic heterocycles. The van der Waals surface area contributed by atoms with Crippen molar-refractivity contribution in [3.63, 3.8) is 0 Å². The van der Waals surface area contributed by atoms with Crippen LogP contribution in [0.25, 0.3) is 0 Å². The van der Waals surface area contributed by atoms with E-state index >= 15 is 0 Å². The van der Waals surface area contributed by atoms with Crippen LogP contribution in [-0.4, -0.2) is 15.8 Å². The predicted octanol–water partition coefficient (Wildman–Crippen LogP) is 4.80. The number of hydrogen-bond donors (Lipinski definition) is 1. The molecule has 0 saturated carbocycles. The molecular weight excluding hydrogens is 387 g/mol. The van der Waals surface area contributed by atoms with Crippen molar-refractivity contribution in [2.24, 2.45) is 0 Å². The summed E-state index contributed by atoms with van der Waals surface area (Å²) in [6.45, 7) is 0. The first-order chi connectivity index (χ1) is 9.59. The molecule has 1 nitrogen and oxygen atoms in total. The van der Waals surface area contributed by atoms with Crippen molar-refractivity contribution in [3.8, 4) is 5.75 Å². The number of phenolic OH excluding ortho intramolecular Hbond substituents is 1. The van der Waals surface area contributed by atoms with Crippen molar-refractivity contribution in [1.29, 1.82) is 0 Å². The van der Waals surface area contributed by atoms with Crippen LogP contribution in [0.4, 0.5) is 4.39 Å². The van der Waals surface area contributed by atoms with Gasteiger partial charge in [-0.25, -0.2) is 4.39 Å². The molecular formula is C16H15Br2FO. The van der Waals surface area contributed by atoms with E-state index < -0.39 is 0 Å². The molecule has 0 atom stereocenters. The quantitative estimate of drug-likeness (QED) is 0.713. The maximum absolute atomic E-state index is 13.1. The summed E-state index contributed by atoms with van der Waals surface area (Å²) in [4.78, 5) is 0. The van der Waals surface area contributed by atoms with E-state index in [1.54, 1.807) is 12.1 Å². The minimum atomic E-state index is -0.232. The highest BCUT2D eigenvalue weighted by molar-refractivity contribution is 9.09. The fraction of sp³-hybridized carbons (Fsp3) is 0.250. The zero-order valence-electron chi connectivity index (χ0n) is 10.8. The third kappa shape index (κ3) is 3.41. The Morgan fingerprint density at radius 3 is 2.20 bits per heavy atom. The Balaban J connectivity index is 2.36. The maximum Gasteiger partial charge on any atom is 0.123 e. The molecule has 2 aromatic carbocycles. The molecule has 0 fully saturated rings. The van der Waals surface area contributed by atoms with Gasteiger partial charge in [0.25, 0.3) is 0 Å². The molecule has 0 unspecified atom stereocenters. The number of rotatable bonds is 5. The minimum Gasteiger partial charge on any atom is -0.508 e. The number of benzene rings is 2. The lowest BCUT2D eigenvalue weighted by molar-refractivity contribution is 0.472. The van der Waals surface area contributed by atoms with Crippen molar-refractivity contribution < 1.29 is 9.50 Å². The summed E-state index contributed by atoms with van der Waals surface area (Å²) in [5.41, 5.74) is 1.94. The van der Waals surface area contributed by atoms with Crippen molar-refractivity contribution >= 4 is 31.9 Å². The average Bonchev–Trinajstić information content (AvgIpc) is 2.46. The first-order valence-corrected chi connectivity index (χ1v) is 8.50. The van der Waals surface area contributed by atoms with Crippen LogP contribution in [0.1, 0.15) is 11.1 Å². The van der Waals surface area contributed by atoms with Gasteiger partial charge < -0.3 is 5.11 Å². The molecule has 1 N–H and O–H groups in total. The third-order valence-electron chi connectivity index (χ3n) is 3.42. The number of alkyl halides is 2. The van der Waals surface area contributed by atoms with E-state index in [-0.39, 0.29) is 17.0 Å². The monoisotopic (exact) mass is 400 g/mol. The van der Waals surface area contributed by atoms with Gasteiger partial charge in [0.1, 0.15) is 11.6 Å². The van der Waals surface area contributed by atoms with Crippen LogP contribution in [-0.2, 0) is 11.8 Å². The van der Waals surface area contributed by atoms with E-state index in [2.05, 4.69) is 31.9 Å². The summed E-state index contributed by atoms with van der Waals surface area (Å²) in [5, 5.41) is 11.1. The Morgan fingerprint density at radius 2 is 1.65 bits per heavy atom. The number of hydrogen-bond acceptors (Lipinski definition) is 1. The Labute approximate surface area is 135 Å². The van der Waals surface area contributed by atoms with Crippen LogP contribution in [0.5, 0.6) is 5.75 Å². The molecule has 0 aromatic heterocycles. The van der Waals surface area contributed by atoms with Crippen LogP contribution in [0.15, 0.2) is 48.5 Å². The van der Waals surface area contributed by atoms with Crippen molar-refractivity contribution in [2.45, 2.75) is 11.8 Å². The van der Waals surface area contributed by atoms with Gasteiger partial charge in [-0.3, -0.25) is 0 Å². The summed E-state index contributed by atoms with van der Waals surface area (Å²) >= 11 is 7.16. The molecule has 0 saturated heterocycles. The molecule has 2 aromatic rings. The third-order valence-corrected chi connectivity index (χ3v) is 5.57. The Morgan fingerprint density at radius 1 is 1.00 bits per heavy atom. The lowest BCUT2D eigenvalue weighted by atomic mass is 9.79. The Kier molecular flexibility index (Phi) is 5.22. The molecule has 20 heavy (non-hydrogen) atoms. The smallest absolute Gasteiger partial charge is 0.123 e. The molecule has 0 heterocycles. The van der Waals surface area contributed by atoms with Gasteiger partial charge in [0, 0.05) is 16.1 Å². The first-order valence-electron chi connectivity index (χ1n) is 6.25. The van der Waals surface area contributed by atoms with E-state index in [9.17, 15) is 9.50 Å². The average molecular weight is 402 g/mol. The van der Waals surface area contributed by atoms with Gasteiger partial charge in [0.15, 0.2) is 0 Å². The Hall–Kier alpha value is -0.870.